The van der Waals surface area contributed by atoms with Crippen LogP contribution in [0.4, 0.5) is 0 Å². The second-order valence-corrected chi connectivity index (χ2v) is 7.03. The Bertz CT molecular complexity index is 334. The fourth-order valence-electron chi connectivity index (χ4n) is 1.86. The molecule has 0 aliphatic heterocycles. The van der Waals surface area contributed by atoms with Gasteiger partial charge in [0.25, 0.3) is 0 Å². The molecule has 0 aromatic rings. The van der Waals surface area contributed by atoms with Gasteiger partial charge in [-0.25, -0.2) is 0 Å². The fraction of sp³-hybridized carbons (Fsp3) is 1.00. The molecule has 8 heteroatoms. The minimum Gasteiger partial charge on any atom is -0.368 e. The third kappa shape index (κ3) is 3.83. The molecule has 6 nitrogen and oxygen atoms in total. The molecule has 16 heavy (non-hydrogen) atoms. The first-order valence-corrected chi connectivity index (χ1v) is 7.52. The molecule has 0 heterocycles. The maximum absolute atomic E-state index is 11.6. The lowest BCUT2D eigenvalue weighted by Gasteiger charge is -2.18. The normalized spacial score (nSPS) is 33.0. The molecular formula is C8H17BN3O3P. The SMILES string of the molecule is BC1CC(N=[N+]=[N-])C(OCP(C)(=O)OC)C1. The Morgan fingerprint density at radius 2 is 2.31 bits per heavy atom. The van der Waals surface area contributed by atoms with Gasteiger partial charge in [0.1, 0.15) is 14.2 Å². The van der Waals surface area contributed by atoms with Gasteiger partial charge in [-0.2, -0.15) is 0 Å². The smallest absolute Gasteiger partial charge is 0.224 e. The maximum Gasteiger partial charge on any atom is 0.224 e. The second kappa shape index (κ2) is 5.73. The monoisotopic (exact) mass is 245 g/mol. The van der Waals surface area contributed by atoms with E-state index in [1.165, 1.54) is 13.8 Å². The van der Waals surface area contributed by atoms with Crippen LogP contribution in [0, 0.1) is 0 Å². The number of ether oxygens (including phenoxy) is 1. The molecule has 1 aliphatic rings. The second-order valence-electron chi connectivity index (χ2n) is 4.38. The van der Waals surface area contributed by atoms with Gasteiger partial charge in [-0.3, -0.25) is 4.57 Å². The van der Waals surface area contributed by atoms with Crippen LogP contribution in [-0.2, 0) is 13.8 Å². The largest absolute Gasteiger partial charge is 0.368 e. The molecule has 4 atom stereocenters. The first-order chi connectivity index (χ1) is 7.48. The summed E-state index contributed by atoms with van der Waals surface area (Å²) >= 11 is 0. The summed E-state index contributed by atoms with van der Waals surface area (Å²) in [6.07, 6.45) is 1.62. The van der Waals surface area contributed by atoms with E-state index in [1.807, 2.05) is 0 Å². The topological polar surface area (TPSA) is 84.3 Å². The Morgan fingerprint density at radius 1 is 1.62 bits per heavy atom. The molecule has 0 amide bonds. The zero-order valence-corrected chi connectivity index (χ0v) is 10.8. The zero-order valence-electron chi connectivity index (χ0n) is 9.87. The van der Waals surface area contributed by atoms with Crippen molar-refractivity contribution in [3.8, 4) is 0 Å². The number of hydrogen-bond acceptors (Lipinski definition) is 4. The highest BCUT2D eigenvalue weighted by Crippen LogP contribution is 2.43. The molecule has 0 saturated heterocycles. The van der Waals surface area contributed by atoms with Gasteiger partial charge >= 0.3 is 0 Å². The van der Waals surface area contributed by atoms with Crippen molar-refractivity contribution in [2.45, 2.75) is 30.8 Å². The molecule has 0 aromatic heterocycles. The summed E-state index contributed by atoms with van der Waals surface area (Å²) in [5.41, 5.74) is 8.43. The maximum atomic E-state index is 11.6. The number of hydrogen-bond donors (Lipinski definition) is 0. The van der Waals surface area contributed by atoms with Gasteiger partial charge < -0.3 is 9.26 Å². The average Bonchev–Trinajstić information content (AvgIpc) is 2.57. The summed E-state index contributed by atoms with van der Waals surface area (Å²) in [4.78, 5) is 2.81. The Labute approximate surface area is 96.2 Å². The molecule has 1 fully saturated rings. The van der Waals surface area contributed by atoms with Gasteiger partial charge in [0.15, 0.2) is 0 Å². The first kappa shape index (κ1) is 13.6. The Balaban J connectivity index is 2.52. The van der Waals surface area contributed by atoms with Crippen LogP contribution in [-0.4, -0.2) is 40.1 Å². The van der Waals surface area contributed by atoms with Crippen molar-refractivity contribution in [3.05, 3.63) is 10.4 Å². The highest BCUT2D eigenvalue weighted by Gasteiger charge is 2.33. The third-order valence-electron chi connectivity index (χ3n) is 2.82. The van der Waals surface area contributed by atoms with Crippen LogP contribution < -0.4 is 0 Å². The fourth-order valence-corrected chi connectivity index (χ4v) is 2.43. The van der Waals surface area contributed by atoms with Crippen LogP contribution in [0.3, 0.4) is 0 Å². The molecule has 1 saturated carbocycles. The van der Waals surface area contributed by atoms with E-state index in [9.17, 15) is 4.57 Å². The third-order valence-corrected chi connectivity index (χ3v) is 4.21. The number of rotatable bonds is 5. The van der Waals surface area contributed by atoms with Crippen molar-refractivity contribution in [2.75, 3.05) is 20.1 Å². The molecule has 0 bridgehead atoms. The molecule has 0 radical (unpaired) electrons. The zero-order chi connectivity index (χ0) is 12.2. The lowest BCUT2D eigenvalue weighted by molar-refractivity contribution is 0.0745. The van der Waals surface area contributed by atoms with Crippen molar-refractivity contribution in [2.24, 2.45) is 5.11 Å². The molecule has 0 N–H and O–H groups in total. The van der Waals surface area contributed by atoms with E-state index in [1.54, 1.807) is 0 Å². The van der Waals surface area contributed by atoms with Crippen molar-refractivity contribution < 1.29 is 13.8 Å². The molecule has 1 aliphatic carbocycles. The molecule has 1 rings (SSSR count). The molecule has 4 unspecified atom stereocenters. The van der Waals surface area contributed by atoms with Crippen LogP contribution in [0.5, 0.6) is 0 Å². The molecule has 0 spiro atoms. The summed E-state index contributed by atoms with van der Waals surface area (Å²) in [5.74, 6) is 0.472. The number of nitrogens with zero attached hydrogens (tertiary/aromatic N) is 3. The summed E-state index contributed by atoms with van der Waals surface area (Å²) in [6.45, 7) is 1.54. The highest BCUT2D eigenvalue weighted by molar-refractivity contribution is 7.57. The molecular weight excluding hydrogens is 228 g/mol. The van der Waals surface area contributed by atoms with Gasteiger partial charge in [0.2, 0.25) is 7.37 Å². The minimum absolute atomic E-state index is 0.0817. The van der Waals surface area contributed by atoms with Gasteiger partial charge in [-0.15, -0.1) is 0 Å². The van der Waals surface area contributed by atoms with Crippen LogP contribution >= 0.6 is 7.37 Å². The molecule has 0 aromatic carbocycles. The van der Waals surface area contributed by atoms with Crippen molar-refractivity contribution in [1.82, 2.24) is 0 Å². The average molecular weight is 245 g/mol. The van der Waals surface area contributed by atoms with E-state index in [2.05, 4.69) is 17.9 Å². The van der Waals surface area contributed by atoms with E-state index in [0.29, 0.717) is 5.82 Å². The van der Waals surface area contributed by atoms with E-state index in [0.717, 1.165) is 12.8 Å². The minimum atomic E-state index is -2.65. The Morgan fingerprint density at radius 3 is 2.88 bits per heavy atom. The predicted octanol–water partition coefficient (Wildman–Crippen LogP) is 1.78. The Kier molecular flexibility index (Phi) is 4.87. The van der Waals surface area contributed by atoms with Gasteiger partial charge in [0.05, 0.1) is 12.1 Å². The van der Waals surface area contributed by atoms with Crippen molar-refractivity contribution >= 4 is 15.2 Å². The highest BCUT2D eigenvalue weighted by atomic mass is 31.2. The number of azide groups is 1. The summed E-state index contributed by atoms with van der Waals surface area (Å²) < 4.78 is 22.0. The van der Waals surface area contributed by atoms with Crippen LogP contribution in [0.15, 0.2) is 5.11 Å². The van der Waals surface area contributed by atoms with E-state index in [-0.39, 0.29) is 18.5 Å². The lowest BCUT2D eigenvalue weighted by atomic mass is 9.86. The summed E-state index contributed by atoms with van der Waals surface area (Å²) in [5, 5.41) is 3.71. The summed E-state index contributed by atoms with van der Waals surface area (Å²) in [6, 6.07) is -0.142. The predicted molar refractivity (Wildman–Crippen MR) is 64.7 cm³/mol. The quantitative estimate of drug-likeness (QED) is 0.243. The van der Waals surface area contributed by atoms with Gasteiger partial charge in [0, 0.05) is 18.7 Å². The van der Waals surface area contributed by atoms with Crippen LogP contribution in [0.2, 0.25) is 5.82 Å². The summed E-state index contributed by atoms with van der Waals surface area (Å²) in [7, 11) is 0.849. The van der Waals surface area contributed by atoms with E-state index < -0.39 is 7.37 Å². The first-order valence-electron chi connectivity index (χ1n) is 5.26. The molecule has 90 valence electrons. The van der Waals surface area contributed by atoms with Crippen molar-refractivity contribution in [3.63, 3.8) is 0 Å². The lowest BCUT2D eigenvalue weighted by Crippen LogP contribution is -2.21. The van der Waals surface area contributed by atoms with Gasteiger partial charge in [-0.05, 0) is 18.4 Å². The Hall–Kier alpha value is -0.475. The van der Waals surface area contributed by atoms with E-state index >= 15 is 0 Å². The van der Waals surface area contributed by atoms with Crippen molar-refractivity contribution in [1.29, 1.82) is 0 Å². The van der Waals surface area contributed by atoms with Gasteiger partial charge in [-0.1, -0.05) is 10.9 Å². The standard InChI is InChI=1S/C8H17BN3O3P/c1-14-16(2,13)5-15-8-4-6(9)3-7(8)11-12-10/h6-8H,3-5,9H2,1-2H3. The van der Waals surface area contributed by atoms with E-state index in [4.69, 9.17) is 14.8 Å². The van der Waals surface area contributed by atoms with Crippen LogP contribution in [0.1, 0.15) is 12.8 Å². The van der Waals surface area contributed by atoms with Crippen LogP contribution in [0.25, 0.3) is 10.4 Å².